The molecule has 1 unspecified atom stereocenters. The fourth-order valence-corrected chi connectivity index (χ4v) is 2.21. The van der Waals surface area contributed by atoms with Crippen LogP contribution >= 0.6 is 0 Å². The van der Waals surface area contributed by atoms with E-state index in [0.717, 1.165) is 12.0 Å². The van der Waals surface area contributed by atoms with Gasteiger partial charge in [-0.15, -0.1) is 0 Å². The predicted octanol–water partition coefficient (Wildman–Crippen LogP) is 2.50. The zero-order valence-corrected chi connectivity index (χ0v) is 10.8. The molecule has 15 heavy (non-hydrogen) atoms. The molecule has 1 atom stereocenters. The molecular formula is C13H28N2. The van der Waals surface area contributed by atoms with Gasteiger partial charge in [0, 0.05) is 12.6 Å². The quantitative estimate of drug-likeness (QED) is 0.728. The van der Waals surface area contributed by atoms with Crippen LogP contribution in [-0.4, -0.2) is 37.1 Å². The summed E-state index contributed by atoms with van der Waals surface area (Å²) in [4.78, 5) is 2.60. The van der Waals surface area contributed by atoms with Crippen molar-refractivity contribution in [3.05, 3.63) is 0 Å². The summed E-state index contributed by atoms with van der Waals surface area (Å²) in [6.45, 7) is 11.9. The first kappa shape index (κ1) is 13.0. The van der Waals surface area contributed by atoms with Gasteiger partial charge in [0.05, 0.1) is 0 Å². The fraction of sp³-hybridized carbons (Fsp3) is 1.00. The van der Waals surface area contributed by atoms with Gasteiger partial charge in [-0.3, -0.25) is 0 Å². The highest BCUT2D eigenvalue weighted by Gasteiger charge is 2.15. The highest BCUT2D eigenvalue weighted by Crippen LogP contribution is 2.09. The molecular weight excluding hydrogens is 184 g/mol. The molecule has 1 heterocycles. The van der Waals surface area contributed by atoms with Crippen LogP contribution in [0.3, 0.4) is 0 Å². The number of hydrogen-bond donors (Lipinski definition) is 1. The van der Waals surface area contributed by atoms with Gasteiger partial charge in [0.1, 0.15) is 0 Å². The van der Waals surface area contributed by atoms with Crippen molar-refractivity contribution in [1.29, 1.82) is 0 Å². The molecule has 1 rings (SSSR count). The lowest BCUT2D eigenvalue weighted by atomic mass is 10.0. The molecule has 0 aliphatic carbocycles. The van der Waals surface area contributed by atoms with Crippen LogP contribution in [0.2, 0.25) is 0 Å². The summed E-state index contributed by atoms with van der Waals surface area (Å²) >= 11 is 0. The highest BCUT2D eigenvalue weighted by molar-refractivity contribution is 4.75. The third-order valence-electron chi connectivity index (χ3n) is 3.36. The molecule has 2 nitrogen and oxygen atoms in total. The summed E-state index contributed by atoms with van der Waals surface area (Å²) in [7, 11) is 0. The molecule has 0 aromatic heterocycles. The van der Waals surface area contributed by atoms with Crippen LogP contribution in [0.1, 0.15) is 46.5 Å². The van der Waals surface area contributed by atoms with E-state index in [9.17, 15) is 0 Å². The maximum absolute atomic E-state index is 3.63. The average Bonchev–Trinajstić information content (AvgIpc) is 2.25. The maximum Gasteiger partial charge on any atom is 0.0195 e. The van der Waals surface area contributed by atoms with E-state index in [0.29, 0.717) is 0 Å². The molecule has 0 aromatic rings. The van der Waals surface area contributed by atoms with Crippen LogP contribution in [0.5, 0.6) is 0 Å². The number of piperidine rings is 1. The van der Waals surface area contributed by atoms with Crippen LogP contribution < -0.4 is 5.32 Å². The van der Waals surface area contributed by atoms with Crippen molar-refractivity contribution in [2.75, 3.05) is 26.2 Å². The standard InChI is InChI=1S/C13H28N2/c1-4-15(10-8-12(2)3)11-13-7-5-6-9-14-13/h12-14H,4-11H2,1-3H3. The second-order valence-electron chi connectivity index (χ2n) is 5.22. The highest BCUT2D eigenvalue weighted by atomic mass is 15.1. The molecule has 0 radical (unpaired) electrons. The first-order chi connectivity index (χ1) is 7.22. The maximum atomic E-state index is 3.63. The lowest BCUT2D eigenvalue weighted by molar-refractivity contribution is 0.223. The molecule has 1 fully saturated rings. The van der Waals surface area contributed by atoms with E-state index in [2.05, 4.69) is 31.0 Å². The van der Waals surface area contributed by atoms with E-state index in [4.69, 9.17) is 0 Å². The molecule has 0 saturated carbocycles. The van der Waals surface area contributed by atoms with Crippen molar-refractivity contribution >= 4 is 0 Å². The van der Waals surface area contributed by atoms with Gasteiger partial charge < -0.3 is 10.2 Å². The number of nitrogens with one attached hydrogen (secondary N) is 1. The minimum Gasteiger partial charge on any atom is -0.313 e. The first-order valence-corrected chi connectivity index (χ1v) is 6.68. The van der Waals surface area contributed by atoms with E-state index in [1.807, 2.05) is 0 Å². The van der Waals surface area contributed by atoms with Gasteiger partial charge in [-0.1, -0.05) is 27.2 Å². The Morgan fingerprint density at radius 1 is 1.33 bits per heavy atom. The molecule has 0 amide bonds. The molecule has 1 aliphatic rings. The van der Waals surface area contributed by atoms with Gasteiger partial charge in [-0.25, -0.2) is 0 Å². The normalized spacial score (nSPS) is 22.6. The Bertz CT molecular complexity index is 151. The summed E-state index contributed by atoms with van der Waals surface area (Å²) in [6.07, 6.45) is 5.49. The number of rotatable bonds is 6. The summed E-state index contributed by atoms with van der Waals surface area (Å²) in [6, 6.07) is 0.755. The molecule has 90 valence electrons. The summed E-state index contributed by atoms with van der Waals surface area (Å²) in [5, 5.41) is 3.63. The Hall–Kier alpha value is -0.0800. The number of likely N-dealkylation sites (N-methyl/N-ethyl adjacent to an activating group) is 1. The van der Waals surface area contributed by atoms with Gasteiger partial charge in [-0.2, -0.15) is 0 Å². The SMILES string of the molecule is CCN(CCC(C)C)CC1CCCCN1. The van der Waals surface area contributed by atoms with Gasteiger partial charge >= 0.3 is 0 Å². The smallest absolute Gasteiger partial charge is 0.0195 e. The molecule has 0 bridgehead atoms. The lowest BCUT2D eigenvalue weighted by Gasteiger charge is -2.30. The summed E-state index contributed by atoms with van der Waals surface area (Å²) in [5.74, 6) is 0.832. The van der Waals surface area contributed by atoms with E-state index >= 15 is 0 Å². The Labute approximate surface area is 95.4 Å². The van der Waals surface area contributed by atoms with Crippen molar-refractivity contribution < 1.29 is 0 Å². The van der Waals surface area contributed by atoms with E-state index in [1.165, 1.54) is 51.9 Å². The molecule has 1 N–H and O–H groups in total. The van der Waals surface area contributed by atoms with E-state index in [1.54, 1.807) is 0 Å². The predicted molar refractivity (Wildman–Crippen MR) is 67.2 cm³/mol. The molecule has 0 aromatic carbocycles. The van der Waals surface area contributed by atoms with Gasteiger partial charge in [0.25, 0.3) is 0 Å². The molecule has 0 spiro atoms. The van der Waals surface area contributed by atoms with Crippen LogP contribution in [0.15, 0.2) is 0 Å². The van der Waals surface area contributed by atoms with Crippen molar-refractivity contribution in [3.8, 4) is 0 Å². The average molecular weight is 212 g/mol. The van der Waals surface area contributed by atoms with Crippen LogP contribution in [0, 0.1) is 5.92 Å². The third kappa shape index (κ3) is 5.53. The largest absolute Gasteiger partial charge is 0.313 e. The van der Waals surface area contributed by atoms with Gasteiger partial charge in [0.15, 0.2) is 0 Å². The fourth-order valence-electron chi connectivity index (χ4n) is 2.21. The molecule has 2 heteroatoms. The zero-order valence-electron chi connectivity index (χ0n) is 10.8. The van der Waals surface area contributed by atoms with Crippen molar-refractivity contribution in [2.45, 2.75) is 52.5 Å². The third-order valence-corrected chi connectivity index (χ3v) is 3.36. The van der Waals surface area contributed by atoms with Crippen molar-refractivity contribution in [2.24, 2.45) is 5.92 Å². The summed E-state index contributed by atoms with van der Waals surface area (Å²) in [5.41, 5.74) is 0. The molecule has 1 saturated heterocycles. The van der Waals surface area contributed by atoms with Crippen molar-refractivity contribution in [3.63, 3.8) is 0 Å². The minimum atomic E-state index is 0.755. The molecule has 1 aliphatic heterocycles. The zero-order chi connectivity index (χ0) is 11.1. The summed E-state index contributed by atoms with van der Waals surface area (Å²) < 4.78 is 0. The van der Waals surface area contributed by atoms with E-state index in [-0.39, 0.29) is 0 Å². The van der Waals surface area contributed by atoms with Crippen LogP contribution in [0.4, 0.5) is 0 Å². The van der Waals surface area contributed by atoms with Crippen molar-refractivity contribution in [1.82, 2.24) is 10.2 Å². The second-order valence-corrected chi connectivity index (χ2v) is 5.22. The van der Waals surface area contributed by atoms with Gasteiger partial charge in [-0.05, 0) is 44.8 Å². The number of hydrogen-bond acceptors (Lipinski definition) is 2. The number of nitrogens with zero attached hydrogens (tertiary/aromatic N) is 1. The Morgan fingerprint density at radius 3 is 2.67 bits per heavy atom. The Balaban J connectivity index is 2.19. The minimum absolute atomic E-state index is 0.755. The van der Waals surface area contributed by atoms with Gasteiger partial charge in [0.2, 0.25) is 0 Å². The van der Waals surface area contributed by atoms with Crippen LogP contribution in [0.25, 0.3) is 0 Å². The lowest BCUT2D eigenvalue weighted by Crippen LogP contribution is -2.44. The van der Waals surface area contributed by atoms with Crippen LogP contribution in [-0.2, 0) is 0 Å². The topological polar surface area (TPSA) is 15.3 Å². The monoisotopic (exact) mass is 212 g/mol. The Morgan fingerprint density at radius 2 is 2.13 bits per heavy atom. The second kappa shape index (κ2) is 7.24. The first-order valence-electron chi connectivity index (χ1n) is 6.68. The Kier molecular flexibility index (Phi) is 6.26. The van der Waals surface area contributed by atoms with E-state index < -0.39 is 0 Å².